The minimum atomic E-state index is -0.789. The predicted octanol–water partition coefficient (Wildman–Crippen LogP) is 6.39. The number of benzene rings is 2. The number of carboxylic acids is 1. The van der Waals surface area contributed by atoms with Crippen LogP contribution in [0.15, 0.2) is 51.1 Å². The molecular formula is C22H22ClNO5S2. The van der Waals surface area contributed by atoms with Gasteiger partial charge in [0.1, 0.15) is 5.75 Å². The lowest BCUT2D eigenvalue weighted by Gasteiger charge is -2.25. The molecule has 3 aromatic rings. The highest BCUT2D eigenvalue weighted by atomic mass is 35.5. The Morgan fingerprint density at radius 1 is 1.23 bits per heavy atom. The highest BCUT2D eigenvalue weighted by molar-refractivity contribution is 7.99. The van der Waals surface area contributed by atoms with Gasteiger partial charge >= 0.3 is 5.97 Å². The fraction of sp³-hybridized carbons (Fsp3) is 0.318. The summed E-state index contributed by atoms with van der Waals surface area (Å²) in [6.07, 6.45) is 1.86. The Hall–Kier alpha value is -1.84. The number of ether oxygens (including phenoxy) is 1. The van der Waals surface area contributed by atoms with Crippen molar-refractivity contribution < 1.29 is 23.9 Å². The van der Waals surface area contributed by atoms with Crippen molar-refractivity contribution in [1.29, 1.82) is 0 Å². The number of aromatic nitrogens is 1. The molecule has 1 aromatic heterocycles. The van der Waals surface area contributed by atoms with Crippen LogP contribution in [0, 0.1) is 0 Å². The monoisotopic (exact) mass is 479 g/mol. The number of nitrogens with zero attached hydrogens (tertiary/aromatic N) is 1. The number of methoxy groups -OCH3 is 1. The molecule has 1 unspecified atom stereocenters. The molecule has 0 aliphatic carbocycles. The maximum atomic E-state index is 11.6. The van der Waals surface area contributed by atoms with Gasteiger partial charge in [-0.1, -0.05) is 23.4 Å². The van der Waals surface area contributed by atoms with Gasteiger partial charge in [0.15, 0.2) is 0 Å². The Morgan fingerprint density at radius 3 is 2.68 bits per heavy atom. The molecule has 6 nitrogen and oxygen atoms in total. The predicted molar refractivity (Wildman–Crippen MR) is 122 cm³/mol. The van der Waals surface area contributed by atoms with Gasteiger partial charge < -0.3 is 14.4 Å². The minimum Gasteiger partial charge on any atom is -0.496 e. The van der Waals surface area contributed by atoms with Crippen LogP contribution < -0.4 is 4.74 Å². The summed E-state index contributed by atoms with van der Waals surface area (Å²) < 4.78 is 13.1. The van der Waals surface area contributed by atoms with E-state index in [1.165, 1.54) is 7.11 Å². The van der Waals surface area contributed by atoms with Gasteiger partial charge in [0, 0.05) is 37.9 Å². The summed E-state index contributed by atoms with van der Waals surface area (Å²) in [5.41, 5.74) is 2.06. The maximum Gasteiger partial charge on any atom is 0.304 e. The summed E-state index contributed by atoms with van der Waals surface area (Å²) in [5.74, 6) is -0.139. The second-order valence-corrected chi connectivity index (χ2v) is 9.49. The molecule has 0 bridgehead atoms. The number of carbonyl (C=O) groups is 1. The van der Waals surface area contributed by atoms with Crippen molar-refractivity contribution in [3.8, 4) is 5.75 Å². The van der Waals surface area contributed by atoms with Gasteiger partial charge in [-0.15, -0.1) is 0 Å². The molecular weight excluding hydrogens is 458 g/mol. The van der Waals surface area contributed by atoms with E-state index >= 15 is 0 Å². The van der Waals surface area contributed by atoms with Gasteiger partial charge in [0.25, 0.3) is 0 Å². The van der Waals surface area contributed by atoms with Crippen molar-refractivity contribution in [3.05, 3.63) is 47.1 Å². The molecule has 1 atom stereocenters. The van der Waals surface area contributed by atoms with Crippen molar-refractivity contribution in [2.45, 2.75) is 46.4 Å². The summed E-state index contributed by atoms with van der Waals surface area (Å²) in [7, 11) is 3.10. The summed E-state index contributed by atoms with van der Waals surface area (Å²) >= 11 is 8.79. The Labute approximate surface area is 193 Å². The van der Waals surface area contributed by atoms with Crippen LogP contribution in [-0.4, -0.2) is 29.9 Å². The third kappa shape index (κ3) is 4.68. The fourth-order valence-corrected chi connectivity index (χ4v) is 5.88. The first-order valence-corrected chi connectivity index (χ1v) is 11.7. The third-order valence-electron chi connectivity index (χ3n) is 5.29. The number of rotatable bonds is 8. The number of carboxylic acid groups (broad SMARTS) is 1. The molecule has 9 heteroatoms. The quantitative estimate of drug-likeness (QED) is 0.228. The summed E-state index contributed by atoms with van der Waals surface area (Å²) in [6, 6.07) is 11.6. The lowest BCUT2D eigenvalue weighted by molar-refractivity contribution is -0.160. The Kier molecular flexibility index (Phi) is 7.03. The van der Waals surface area contributed by atoms with Gasteiger partial charge in [-0.25, -0.2) is 4.89 Å². The van der Waals surface area contributed by atoms with E-state index in [0.29, 0.717) is 10.8 Å². The number of aryl methyl sites for hydroxylation is 1. The van der Waals surface area contributed by atoms with Gasteiger partial charge in [-0.05, 0) is 49.2 Å². The molecule has 2 aromatic carbocycles. The van der Waals surface area contributed by atoms with E-state index in [1.54, 1.807) is 18.9 Å². The van der Waals surface area contributed by atoms with E-state index in [9.17, 15) is 9.90 Å². The van der Waals surface area contributed by atoms with Crippen molar-refractivity contribution in [2.24, 2.45) is 0 Å². The van der Waals surface area contributed by atoms with Gasteiger partial charge in [0.05, 0.1) is 43.6 Å². The normalized spacial score (nSPS) is 15.8. The number of hydrogen-bond donors (Lipinski definition) is 1. The first kappa shape index (κ1) is 22.4. The maximum absolute atomic E-state index is 11.6. The van der Waals surface area contributed by atoms with E-state index in [0.717, 1.165) is 62.7 Å². The van der Waals surface area contributed by atoms with Crippen LogP contribution >= 0.6 is 35.4 Å². The Balaban J connectivity index is 1.93. The topological polar surface area (TPSA) is 69.9 Å². The molecule has 2 heterocycles. The van der Waals surface area contributed by atoms with Crippen molar-refractivity contribution >= 4 is 52.3 Å². The van der Waals surface area contributed by atoms with Crippen LogP contribution in [0.25, 0.3) is 10.9 Å². The molecule has 1 aliphatic heterocycles. The Morgan fingerprint density at radius 2 is 2.00 bits per heavy atom. The van der Waals surface area contributed by atoms with Crippen molar-refractivity contribution in [1.82, 2.24) is 4.57 Å². The van der Waals surface area contributed by atoms with Crippen LogP contribution in [0.3, 0.4) is 0 Å². The highest BCUT2D eigenvalue weighted by Gasteiger charge is 2.31. The van der Waals surface area contributed by atoms with Crippen molar-refractivity contribution in [2.75, 3.05) is 14.2 Å². The second kappa shape index (κ2) is 9.75. The molecule has 0 spiro atoms. The first-order valence-electron chi connectivity index (χ1n) is 9.78. The zero-order chi connectivity index (χ0) is 22.0. The van der Waals surface area contributed by atoms with Gasteiger partial charge in [0.2, 0.25) is 0 Å². The zero-order valence-corrected chi connectivity index (χ0v) is 19.5. The molecule has 1 N–H and O–H groups in total. The highest BCUT2D eigenvalue weighted by Crippen LogP contribution is 2.49. The van der Waals surface area contributed by atoms with E-state index in [-0.39, 0.29) is 12.3 Å². The van der Waals surface area contributed by atoms with Crippen LogP contribution in [0.5, 0.6) is 5.75 Å². The molecule has 0 saturated heterocycles. The largest absolute Gasteiger partial charge is 0.496 e. The Bertz CT molecular complexity index is 1100. The summed E-state index contributed by atoms with van der Waals surface area (Å²) in [6.45, 7) is 0.825. The SMILES string of the molecule is COOSc1cc(OC)c2c(Sc3ccc(Cl)cc3)c3n(c2c1)CCCC3CC(=O)O. The number of hydrogen-bond acceptors (Lipinski definition) is 6. The zero-order valence-electron chi connectivity index (χ0n) is 17.1. The molecule has 0 amide bonds. The minimum absolute atomic E-state index is 0.0653. The molecule has 164 valence electrons. The molecule has 0 fully saturated rings. The number of fused-ring (bicyclic) bond motifs is 3. The van der Waals surface area contributed by atoms with E-state index in [4.69, 9.17) is 25.6 Å². The van der Waals surface area contributed by atoms with Crippen LogP contribution in [0.4, 0.5) is 0 Å². The standard InChI is InChI=1S/C22H22ClNO5S2/c1-27-18-12-16(31-29-28-2)11-17-20(18)22(30-15-7-5-14(23)6-8-15)21-13(10-19(25)26)4-3-9-24(17)21/h5-8,11-13H,3-4,9-10H2,1-2H3,(H,25,26). The molecule has 1 aliphatic rings. The molecule has 0 radical (unpaired) electrons. The van der Waals surface area contributed by atoms with E-state index in [1.807, 2.05) is 36.4 Å². The third-order valence-corrected chi connectivity index (χ3v) is 7.30. The fourth-order valence-electron chi connectivity index (χ4n) is 4.09. The van der Waals surface area contributed by atoms with Crippen LogP contribution in [-0.2, 0) is 20.6 Å². The lowest BCUT2D eigenvalue weighted by Crippen LogP contribution is -2.18. The van der Waals surface area contributed by atoms with E-state index in [2.05, 4.69) is 4.57 Å². The van der Waals surface area contributed by atoms with Crippen LogP contribution in [0.2, 0.25) is 5.02 Å². The molecule has 31 heavy (non-hydrogen) atoms. The van der Waals surface area contributed by atoms with E-state index < -0.39 is 5.97 Å². The summed E-state index contributed by atoms with van der Waals surface area (Å²) in [5, 5.41) is 11.2. The summed E-state index contributed by atoms with van der Waals surface area (Å²) in [4.78, 5) is 19.2. The second-order valence-electron chi connectivity index (χ2n) is 7.20. The molecule has 4 rings (SSSR count). The first-order chi connectivity index (χ1) is 15.0. The van der Waals surface area contributed by atoms with Gasteiger partial charge in [-0.3, -0.25) is 4.79 Å². The number of aliphatic carboxylic acids is 1. The smallest absolute Gasteiger partial charge is 0.304 e. The van der Waals surface area contributed by atoms with Crippen LogP contribution in [0.1, 0.15) is 30.9 Å². The molecule has 0 saturated carbocycles. The lowest BCUT2D eigenvalue weighted by atomic mass is 9.93. The number of halogens is 1. The average Bonchev–Trinajstić information content (AvgIpc) is 3.07. The average molecular weight is 480 g/mol. The van der Waals surface area contributed by atoms with Gasteiger partial charge in [-0.2, -0.15) is 4.33 Å². The van der Waals surface area contributed by atoms with Crippen molar-refractivity contribution in [3.63, 3.8) is 0 Å².